The van der Waals surface area contributed by atoms with E-state index in [-0.39, 0.29) is 24.6 Å². The minimum atomic E-state index is -0.996. The Kier molecular flexibility index (Phi) is 8.00. The van der Waals surface area contributed by atoms with Gasteiger partial charge in [0.15, 0.2) is 0 Å². The van der Waals surface area contributed by atoms with Gasteiger partial charge in [0.25, 0.3) is 0 Å². The number of ether oxygens (including phenoxy) is 1. The van der Waals surface area contributed by atoms with Crippen LogP contribution in [0.15, 0.2) is 30.3 Å². The van der Waals surface area contributed by atoms with Gasteiger partial charge in [-0.25, -0.2) is 4.79 Å². The highest BCUT2D eigenvalue weighted by molar-refractivity contribution is 5.88. The Hall–Kier alpha value is -2.61. The molecule has 33 heavy (non-hydrogen) atoms. The van der Waals surface area contributed by atoms with E-state index >= 15 is 0 Å². The Bertz CT molecular complexity index is 846. The smallest absolute Gasteiger partial charge is 0.408 e. The highest BCUT2D eigenvalue weighted by Gasteiger charge is 2.54. The summed E-state index contributed by atoms with van der Waals surface area (Å²) in [5, 5.41) is 13.0. The van der Waals surface area contributed by atoms with Gasteiger partial charge in [-0.3, -0.25) is 9.59 Å². The van der Waals surface area contributed by atoms with Crippen LogP contribution >= 0.6 is 0 Å². The van der Waals surface area contributed by atoms with Gasteiger partial charge in [0.05, 0.1) is 5.41 Å². The lowest BCUT2D eigenvalue weighted by Crippen LogP contribution is -2.59. The summed E-state index contributed by atoms with van der Waals surface area (Å²) in [6, 6.07) is 8.76. The van der Waals surface area contributed by atoms with Crippen LogP contribution in [0.4, 0.5) is 4.79 Å². The first-order valence-corrected chi connectivity index (χ1v) is 11.9. The van der Waals surface area contributed by atoms with Crippen molar-refractivity contribution >= 4 is 18.0 Å². The number of aliphatic carboxylic acids is 1. The van der Waals surface area contributed by atoms with Crippen molar-refractivity contribution in [1.29, 1.82) is 0 Å². The topological polar surface area (TPSA) is 99.2 Å². The van der Waals surface area contributed by atoms with Crippen LogP contribution in [0.5, 0.6) is 0 Å². The second kappa shape index (κ2) is 10.5. The van der Waals surface area contributed by atoms with Gasteiger partial charge < -0.3 is 25.0 Å². The summed E-state index contributed by atoms with van der Waals surface area (Å²) in [7, 11) is 2.04. The number of carboxylic acids is 1. The molecule has 0 aromatic heterocycles. The van der Waals surface area contributed by atoms with Crippen molar-refractivity contribution in [2.24, 2.45) is 5.41 Å². The van der Waals surface area contributed by atoms with Crippen LogP contribution in [0.25, 0.3) is 0 Å². The van der Waals surface area contributed by atoms with E-state index in [1.165, 1.54) is 0 Å². The summed E-state index contributed by atoms with van der Waals surface area (Å²) >= 11 is 0. The number of carboxylic acid groups (broad SMARTS) is 1. The molecule has 1 aliphatic heterocycles. The number of amides is 2. The van der Waals surface area contributed by atoms with E-state index in [9.17, 15) is 19.5 Å². The largest absolute Gasteiger partial charge is 0.481 e. The van der Waals surface area contributed by atoms with Gasteiger partial charge >= 0.3 is 12.1 Å². The second-order valence-electron chi connectivity index (χ2n) is 9.60. The number of likely N-dealkylation sites (tertiary alicyclic amines) is 1. The second-order valence-corrected chi connectivity index (χ2v) is 9.60. The molecule has 1 heterocycles. The Morgan fingerprint density at radius 2 is 1.94 bits per heavy atom. The Balaban J connectivity index is 1.66. The van der Waals surface area contributed by atoms with E-state index in [2.05, 4.69) is 24.1 Å². The van der Waals surface area contributed by atoms with Crippen LogP contribution < -0.4 is 5.32 Å². The Morgan fingerprint density at radius 1 is 1.24 bits per heavy atom. The lowest BCUT2D eigenvalue weighted by Gasteiger charge is -2.49. The summed E-state index contributed by atoms with van der Waals surface area (Å²) in [5.74, 6) is -1.06. The van der Waals surface area contributed by atoms with Crippen LogP contribution in [0.1, 0.15) is 58.4 Å². The number of hydrogen-bond donors (Lipinski definition) is 2. The standard InChI is InChI=1S/C25H37N3O5/c1-5-25(23(30)31)15-19(27(4)17(2)3)11-12-21(25)28-14-13-20(22(28)29)26-24(32)33-16-18-9-7-6-8-10-18/h6-10,17,19-21H,5,11-16H2,1-4H3,(H,26,32)(H,30,31)/t19-,20?,21+,25?/m1/s1. The lowest BCUT2D eigenvalue weighted by molar-refractivity contribution is -0.161. The van der Waals surface area contributed by atoms with E-state index < -0.39 is 23.5 Å². The molecule has 3 rings (SSSR count). The van der Waals surface area contributed by atoms with E-state index in [0.29, 0.717) is 38.3 Å². The number of nitrogens with zero attached hydrogens (tertiary/aromatic N) is 2. The highest BCUT2D eigenvalue weighted by atomic mass is 16.5. The SMILES string of the molecule is CCC1(C(=O)O)C[C@H](N(C)C(C)C)CC[C@@H]1N1CCC(NC(=O)OCc2ccccc2)C1=O. The molecule has 2 aliphatic rings. The molecule has 4 atom stereocenters. The number of carbonyl (C=O) groups excluding carboxylic acids is 2. The molecular formula is C25H37N3O5. The lowest BCUT2D eigenvalue weighted by atomic mass is 9.65. The van der Waals surface area contributed by atoms with Gasteiger partial charge in [0, 0.05) is 24.7 Å². The molecule has 2 fully saturated rings. The molecule has 1 aromatic carbocycles. The summed E-state index contributed by atoms with van der Waals surface area (Å²) in [6.07, 6.45) is 2.26. The Morgan fingerprint density at radius 3 is 2.55 bits per heavy atom. The molecule has 8 nitrogen and oxygen atoms in total. The average molecular weight is 460 g/mol. The predicted molar refractivity (Wildman–Crippen MR) is 125 cm³/mol. The van der Waals surface area contributed by atoms with Gasteiger partial charge in [-0.05, 0) is 58.6 Å². The van der Waals surface area contributed by atoms with Crippen LogP contribution in [0.2, 0.25) is 0 Å². The maximum Gasteiger partial charge on any atom is 0.408 e. The number of hydrogen-bond acceptors (Lipinski definition) is 5. The minimum Gasteiger partial charge on any atom is -0.481 e. The zero-order chi connectivity index (χ0) is 24.2. The maximum atomic E-state index is 13.2. The van der Waals surface area contributed by atoms with Gasteiger partial charge in [0.1, 0.15) is 12.6 Å². The minimum absolute atomic E-state index is 0.128. The van der Waals surface area contributed by atoms with Gasteiger partial charge in [0.2, 0.25) is 5.91 Å². The van der Waals surface area contributed by atoms with Crippen molar-refractivity contribution in [3.8, 4) is 0 Å². The van der Waals surface area contributed by atoms with Crippen molar-refractivity contribution in [3.63, 3.8) is 0 Å². The Labute approximate surface area is 196 Å². The maximum absolute atomic E-state index is 13.2. The van der Waals surface area contributed by atoms with E-state index in [1.54, 1.807) is 4.90 Å². The summed E-state index contributed by atoms with van der Waals surface area (Å²) in [6.45, 7) is 6.68. The third kappa shape index (κ3) is 5.32. The molecule has 1 saturated carbocycles. The van der Waals surface area contributed by atoms with E-state index in [4.69, 9.17) is 4.74 Å². The summed E-state index contributed by atoms with van der Waals surface area (Å²) in [5.41, 5.74) is -0.130. The van der Waals surface area contributed by atoms with Crippen molar-refractivity contribution in [2.75, 3.05) is 13.6 Å². The fourth-order valence-electron chi connectivity index (χ4n) is 5.32. The third-order valence-corrected chi connectivity index (χ3v) is 7.58. The molecule has 1 aromatic rings. The fourth-order valence-corrected chi connectivity index (χ4v) is 5.32. The molecule has 1 saturated heterocycles. The number of alkyl carbamates (subject to hydrolysis) is 1. The molecule has 2 unspecified atom stereocenters. The van der Waals surface area contributed by atoms with Gasteiger partial charge in [-0.1, -0.05) is 37.3 Å². The van der Waals surface area contributed by atoms with Crippen molar-refractivity contribution < 1.29 is 24.2 Å². The number of rotatable bonds is 8. The molecule has 1 aliphatic carbocycles. The molecule has 2 N–H and O–H groups in total. The molecule has 2 amide bonds. The summed E-state index contributed by atoms with van der Waals surface area (Å²) < 4.78 is 5.26. The molecule has 8 heteroatoms. The van der Waals surface area contributed by atoms with Gasteiger partial charge in [-0.2, -0.15) is 0 Å². The zero-order valence-corrected chi connectivity index (χ0v) is 20.1. The number of benzene rings is 1. The molecule has 182 valence electrons. The van der Waals surface area contributed by atoms with Crippen LogP contribution in [0.3, 0.4) is 0 Å². The number of nitrogens with one attached hydrogen (secondary N) is 1. The first-order chi connectivity index (χ1) is 15.7. The predicted octanol–water partition coefficient (Wildman–Crippen LogP) is 3.26. The van der Waals surface area contributed by atoms with Crippen LogP contribution in [-0.4, -0.2) is 70.6 Å². The van der Waals surface area contributed by atoms with E-state index in [0.717, 1.165) is 12.0 Å². The van der Waals surface area contributed by atoms with Crippen molar-refractivity contribution in [2.45, 2.75) is 83.6 Å². The highest BCUT2D eigenvalue weighted by Crippen LogP contribution is 2.45. The monoisotopic (exact) mass is 459 g/mol. The molecular weight excluding hydrogens is 422 g/mol. The normalized spacial score (nSPS) is 27.8. The molecule has 0 spiro atoms. The quantitative estimate of drug-likeness (QED) is 0.619. The summed E-state index contributed by atoms with van der Waals surface area (Å²) in [4.78, 5) is 42.0. The van der Waals surface area contributed by atoms with Crippen molar-refractivity contribution in [1.82, 2.24) is 15.1 Å². The molecule has 0 bridgehead atoms. The van der Waals surface area contributed by atoms with Crippen molar-refractivity contribution in [3.05, 3.63) is 35.9 Å². The van der Waals surface area contributed by atoms with Crippen LogP contribution in [-0.2, 0) is 20.9 Å². The zero-order valence-electron chi connectivity index (χ0n) is 20.1. The number of carbonyl (C=O) groups is 3. The van der Waals surface area contributed by atoms with Gasteiger partial charge in [-0.15, -0.1) is 0 Å². The fraction of sp³-hybridized carbons (Fsp3) is 0.640. The first kappa shape index (κ1) is 25.0. The van der Waals surface area contributed by atoms with E-state index in [1.807, 2.05) is 44.3 Å². The third-order valence-electron chi connectivity index (χ3n) is 7.58. The van der Waals surface area contributed by atoms with Crippen LogP contribution in [0, 0.1) is 5.41 Å². The first-order valence-electron chi connectivity index (χ1n) is 11.9. The average Bonchev–Trinajstić information content (AvgIpc) is 3.16. The molecule has 0 radical (unpaired) electrons.